The van der Waals surface area contributed by atoms with Crippen LogP contribution in [0.4, 0.5) is 0 Å². The Morgan fingerprint density at radius 2 is 1.94 bits per heavy atom. The number of aromatic hydroxyl groups is 2. The first-order chi connectivity index (χ1) is 7.41. The number of carbonyl (C=O) groups is 1. The zero-order valence-electron chi connectivity index (χ0n) is 9.14. The van der Waals surface area contributed by atoms with E-state index in [1.165, 1.54) is 19.1 Å². The number of carboxylic acids is 1. The maximum absolute atomic E-state index is 10.6. The van der Waals surface area contributed by atoms with E-state index in [1.807, 2.05) is 6.92 Å². The average Bonchev–Trinajstić information content (AvgIpc) is 2.21. The van der Waals surface area contributed by atoms with Gasteiger partial charge in [-0.25, -0.2) is 4.79 Å². The van der Waals surface area contributed by atoms with Gasteiger partial charge in [-0.15, -0.1) is 0 Å². The first-order valence-electron chi connectivity index (χ1n) is 4.85. The van der Waals surface area contributed by atoms with E-state index in [0.29, 0.717) is 0 Å². The molecule has 16 heavy (non-hydrogen) atoms. The first kappa shape index (κ1) is 12.1. The number of hydrogen-bond acceptors (Lipinski definition) is 3. The molecule has 0 saturated carbocycles. The molecule has 1 rings (SSSR count). The Bertz CT molecular complexity index is 435. The summed E-state index contributed by atoms with van der Waals surface area (Å²) in [6.45, 7) is 3.33. The second kappa shape index (κ2) is 4.70. The molecule has 0 aliphatic rings. The van der Waals surface area contributed by atoms with Crippen molar-refractivity contribution in [2.24, 2.45) is 0 Å². The van der Waals surface area contributed by atoms with Crippen LogP contribution in [0.15, 0.2) is 29.8 Å². The topological polar surface area (TPSA) is 77.8 Å². The van der Waals surface area contributed by atoms with Crippen LogP contribution in [0, 0.1) is 0 Å². The normalized spacial score (nSPS) is 13.5. The summed E-state index contributed by atoms with van der Waals surface area (Å²) in [5.41, 5.74) is 0.996. The number of aliphatic carboxylic acids is 1. The van der Waals surface area contributed by atoms with E-state index in [9.17, 15) is 9.90 Å². The number of carboxylic acid groups (broad SMARTS) is 1. The predicted octanol–water partition coefficient (Wildman–Crippen LogP) is 2.23. The molecule has 0 fully saturated rings. The van der Waals surface area contributed by atoms with Crippen LogP contribution in [-0.2, 0) is 4.79 Å². The Hall–Kier alpha value is -1.97. The van der Waals surface area contributed by atoms with Crippen molar-refractivity contribution in [3.8, 4) is 11.5 Å². The van der Waals surface area contributed by atoms with Crippen molar-refractivity contribution >= 4 is 5.97 Å². The summed E-state index contributed by atoms with van der Waals surface area (Å²) in [5, 5.41) is 27.2. The zero-order chi connectivity index (χ0) is 12.3. The van der Waals surface area contributed by atoms with Gasteiger partial charge < -0.3 is 15.3 Å². The molecule has 1 aromatic carbocycles. The molecule has 0 spiro atoms. The molecule has 1 unspecified atom stereocenters. The van der Waals surface area contributed by atoms with Gasteiger partial charge in [0.05, 0.1) is 0 Å². The number of allylic oxidation sites excluding steroid dienone is 1. The minimum Gasteiger partial charge on any atom is -0.504 e. The van der Waals surface area contributed by atoms with E-state index in [4.69, 9.17) is 10.2 Å². The molecule has 86 valence electrons. The van der Waals surface area contributed by atoms with Crippen LogP contribution in [0.25, 0.3) is 0 Å². The zero-order valence-corrected chi connectivity index (χ0v) is 9.14. The van der Waals surface area contributed by atoms with Gasteiger partial charge in [0.2, 0.25) is 0 Å². The van der Waals surface area contributed by atoms with Gasteiger partial charge in [-0.3, -0.25) is 0 Å². The third-order valence-corrected chi connectivity index (χ3v) is 2.36. The molecule has 0 heterocycles. The second-order valence-corrected chi connectivity index (χ2v) is 3.69. The van der Waals surface area contributed by atoms with Crippen LogP contribution in [0.1, 0.15) is 25.3 Å². The van der Waals surface area contributed by atoms with Crippen LogP contribution in [0.5, 0.6) is 11.5 Å². The Balaban J connectivity index is 2.97. The molecular formula is C12H14O4. The molecule has 0 amide bonds. The van der Waals surface area contributed by atoms with Crippen molar-refractivity contribution in [2.45, 2.75) is 19.8 Å². The summed E-state index contributed by atoms with van der Waals surface area (Å²) in [6.07, 6.45) is 1.59. The summed E-state index contributed by atoms with van der Waals surface area (Å²) < 4.78 is 0. The van der Waals surface area contributed by atoms with Crippen molar-refractivity contribution in [3.05, 3.63) is 35.4 Å². The monoisotopic (exact) mass is 222 g/mol. The molecule has 0 aliphatic heterocycles. The molecule has 0 saturated heterocycles. The van der Waals surface area contributed by atoms with Gasteiger partial charge >= 0.3 is 5.97 Å². The number of phenols is 2. The Morgan fingerprint density at radius 3 is 2.44 bits per heavy atom. The summed E-state index contributed by atoms with van der Waals surface area (Å²) >= 11 is 0. The predicted molar refractivity (Wildman–Crippen MR) is 59.6 cm³/mol. The van der Waals surface area contributed by atoms with E-state index in [1.54, 1.807) is 12.1 Å². The van der Waals surface area contributed by atoms with E-state index in [2.05, 4.69) is 0 Å². The molecule has 4 nitrogen and oxygen atoms in total. The van der Waals surface area contributed by atoms with Crippen molar-refractivity contribution in [1.29, 1.82) is 0 Å². The minimum absolute atomic E-state index is 0.136. The van der Waals surface area contributed by atoms with Crippen LogP contribution in [0.3, 0.4) is 0 Å². The van der Waals surface area contributed by atoms with Crippen molar-refractivity contribution in [3.63, 3.8) is 0 Å². The van der Waals surface area contributed by atoms with Gasteiger partial charge in [0.15, 0.2) is 11.5 Å². The van der Waals surface area contributed by atoms with Crippen LogP contribution < -0.4 is 0 Å². The lowest BCUT2D eigenvalue weighted by Gasteiger charge is -2.08. The van der Waals surface area contributed by atoms with Gasteiger partial charge in [0.1, 0.15) is 0 Å². The lowest BCUT2D eigenvalue weighted by Crippen LogP contribution is -1.99. The first-order valence-corrected chi connectivity index (χ1v) is 4.85. The average molecular weight is 222 g/mol. The lowest BCUT2D eigenvalue weighted by atomic mass is 9.98. The Kier molecular flexibility index (Phi) is 3.55. The van der Waals surface area contributed by atoms with Crippen molar-refractivity contribution in [1.82, 2.24) is 0 Å². The van der Waals surface area contributed by atoms with Gasteiger partial charge in [-0.05, 0) is 30.5 Å². The van der Waals surface area contributed by atoms with E-state index < -0.39 is 5.97 Å². The molecule has 0 aliphatic carbocycles. The van der Waals surface area contributed by atoms with Crippen molar-refractivity contribution in [2.75, 3.05) is 0 Å². The number of rotatable bonds is 3. The van der Waals surface area contributed by atoms with Crippen LogP contribution in [0.2, 0.25) is 0 Å². The highest BCUT2D eigenvalue weighted by Crippen LogP contribution is 2.29. The quantitative estimate of drug-likeness (QED) is 0.541. The fraction of sp³-hybridized carbons (Fsp3) is 0.250. The number of benzene rings is 1. The molecule has 0 bridgehead atoms. The van der Waals surface area contributed by atoms with Gasteiger partial charge in [-0.2, -0.15) is 0 Å². The Labute approximate surface area is 93.5 Å². The summed E-state index contributed by atoms with van der Waals surface area (Å²) in [7, 11) is 0. The smallest absolute Gasteiger partial charge is 0.330 e. The highest BCUT2D eigenvalue weighted by Gasteiger charge is 2.08. The van der Waals surface area contributed by atoms with E-state index >= 15 is 0 Å². The fourth-order valence-electron chi connectivity index (χ4n) is 1.37. The largest absolute Gasteiger partial charge is 0.504 e. The van der Waals surface area contributed by atoms with Crippen LogP contribution >= 0.6 is 0 Å². The second-order valence-electron chi connectivity index (χ2n) is 3.69. The molecule has 0 aromatic heterocycles. The van der Waals surface area contributed by atoms with E-state index in [-0.39, 0.29) is 23.0 Å². The molecule has 3 N–H and O–H groups in total. The van der Waals surface area contributed by atoms with Crippen LogP contribution in [-0.4, -0.2) is 21.3 Å². The van der Waals surface area contributed by atoms with Crippen molar-refractivity contribution < 1.29 is 20.1 Å². The SMILES string of the molecule is CC(=CC(C)c1ccc(O)c(O)c1)C(=O)O. The number of phenolic OH excluding ortho intramolecular Hbond substituents is 2. The van der Waals surface area contributed by atoms with Gasteiger partial charge in [0.25, 0.3) is 0 Å². The maximum Gasteiger partial charge on any atom is 0.330 e. The highest BCUT2D eigenvalue weighted by molar-refractivity contribution is 5.85. The Morgan fingerprint density at radius 1 is 1.31 bits per heavy atom. The summed E-state index contributed by atoms with van der Waals surface area (Å²) in [6, 6.07) is 4.45. The molecule has 4 heteroatoms. The van der Waals surface area contributed by atoms with Gasteiger partial charge in [0, 0.05) is 5.57 Å². The minimum atomic E-state index is -0.963. The van der Waals surface area contributed by atoms with Gasteiger partial charge in [-0.1, -0.05) is 19.1 Å². The molecule has 0 radical (unpaired) electrons. The lowest BCUT2D eigenvalue weighted by molar-refractivity contribution is -0.132. The maximum atomic E-state index is 10.6. The third kappa shape index (κ3) is 2.76. The standard InChI is InChI=1S/C12H14O4/c1-7(5-8(2)12(15)16)9-3-4-10(13)11(14)6-9/h3-7,13-14H,1-2H3,(H,15,16). The molecule has 1 atom stereocenters. The number of hydrogen-bond donors (Lipinski definition) is 3. The molecule has 1 aromatic rings. The summed E-state index contributed by atoms with van der Waals surface area (Å²) in [5.74, 6) is -1.49. The fourth-order valence-corrected chi connectivity index (χ4v) is 1.37. The highest BCUT2D eigenvalue weighted by atomic mass is 16.4. The van der Waals surface area contributed by atoms with E-state index in [0.717, 1.165) is 5.56 Å². The molecular weight excluding hydrogens is 208 g/mol. The third-order valence-electron chi connectivity index (χ3n) is 2.36. The summed E-state index contributed by atoms with van der Waals surface area (Å²) in [4.78, 5) is 10.6.